The molecule has 0 aliphatic carbocycles. The number of guanidine groups is 1. The molecule has 1 unspecified atom stereocenters. The lowest BCUT2D eigenvalue weighted by Gasteiger charge is -2.32. The monoisotopic (exact) mass is 335 g/mol. The van der Waals surface area contributed by atoms with E-state index in [1.165, 1.54) is 0 Å². The summed E-state index contributed by atoms with van der Waals surface area (Å²) in [5, 5.41) is 13.0. The van der Waals surface area contributed by atoms with Gasteiger partial charge in [-0.2, -0.15) is 0 Å². The third kappa shape index (κ3) is 5.60. The first-order chi connectivity index (χ1) is 11.6. The minimum absolute atomic E-state index is 0.0406. The highest BCUT2D eigenvalue weighted by molar-refractivity contribution is 5.80. The van der Waals surface area contributed by atoms with Crippen LogP contribution in [0, 0.1) is 0 Å². The van der Waals surface area contributed by atoms with Gasteiger partial charge in [0.05, 0.1) is 19.8 Å². The van der Waals surface area contributed by atoms with Gasteiger partial charge in [0.2, 0.25) is 0 Å². The molecule has 0 amide bonds. The van der Waals surface area contributed by atoms with E-state index in [1.54, 1.807) is 7.11 Å². The third-order valence-corrected chi connectivity index (χ3v) is 3.98. The first-order valence-corrected chi connectivity index (χ1v) is 8.64. The molecule has 0 radical (unpaired) electrons. The Morgan fingerprint density at radius 3 is 2.75 bits per heavy atom. The van der Waals surface area contributed by atoms with Gasteiger partial charge in [-0.3, -0.25) is 0 Å². The summed E-state index contributed by atoms with van der Waals surface area (Å²) in [7, 11) is 1.64. The van der Waals surface area contributed by atoms with Crippen LogP contribution in [0.4, 0.5) is 0 Å². The lowest BCUT2D eigenvalue weighted by atomic mass is 10.1. The lowest BCUT2D eigenvalue weighted by Crippen LogP contribution is -2.47. The zero-order valence-electron chi connectivity index (χ0n) is 14.9. The van der Waals surface area contributed by atoms with Gasteiger partial charge in [0.25, 0.3) is 0 Å². The van der Waals surface area contributed by atoms with E-state index >= 15 is 0 Å². The highest BCUT2D eigenvalue weighted by atomic mass is 16.5. The van der Waals surface area contributed by atoms with Crippen molar-refractivity contribution in [3.05, 3.63) is 24.3 Å². The summed E-state index contributed by atoms with van der Waals surface area (Å²) in [6, 6.07) is 7.59. The second kappa shape index (κ2) is 9.37. The highest BCUT2D eigenvalue weighted by Gasteiger charge is 2.19. The van der Waals surface area contributed by atoms with Crippen molar-refractivity contribution in [3.8, 4) is 11.5 Å². The predicted molar refractivity (Wildman–Crippen MR) is 95.9 cm³/mol. The normalized spacial score (nSPS) is 17.5. The molecule has 1 atom stereocenters. The number of methoxy groups -OCH3 is 1. The van der Waals surface area contributed by atoms with Crippen molar-refractivity contribution in [2.75, 3.05) is 33.3 Å². The average molecular weight is 335 g/mol. The summed E-state index contributed by atoms with van der Waals surface area (Å²) in [6.07, 6.45) is 1.36. The Labute approximate surface area is 144 Å². The molecule has 134 valence electrons. The number of nitrogens with one attached hydrogen (secondary N) is 1. The van der Waals surface area contributed by atoms with Crippen molar-refractivity contribution in [2.24, 2.45) is 4.99 Å². The molecule has 1 aliphatic heterocycles. The molecule has 2 rings (SSSR count). The minimum Gasteiger partial charge on any atom is -0.497 e. The fourth-order valence-electron chi connectivity index (χ4n) is 2.66. The Bertz CT molecular complexity index is 528. The Balaban J connectivity index is 1.92. The summed E-state index contributed by atoms with van der Waals surface area (Å²) < 4.78 is 11.1. The summed E-state index contributed by atoms with van der Waals surface area (Å²) in [5.74, 6) is 2.46. The molecule has 1 aromatic carbocycles. The minimum atomic E-state index is -0.181. The van der Waals surface area contributed by atoms with E-state index in [0.29, 0.717) is 6.54 Å². The number of nitrogens with zero attached hydrogens (tertiary/aromatic N) is 2. The van der Waals surface area contributed by atoms with Crippen LogP contribution in [-0.4, -0.2) is 61.5 Å². The second-order valence-corrected chi connectivity index (χ2v) is 6.02. The molecule has 1 aliphatic rings. The number of likely N-dealkylation sites (tertiary alicyclic amines) is 1. The molecule has 6 nitrogen and oxygen atoms in total. The molecule has 2 N–H and O–H groups in total. The van der Waals surface area contributed by atoms with E-state index in [0.717, 1.165) is 49.9 Å². The van der Waals surface area contributed by atoms with Crippen LogP contribution in [0.3, 0.4) is 0 Å². The Hall–Kier alpha value is -1.95. The van der Waals surface area contributed by atoms with Gasteiger partial charge in [0.1, 0.15) is 17.6 Å². The fraction of sp³-hybridized carbons (Fsp3) is 0.611. The smallest absolute Gasteiger partial charge is 0.194 e. The van der Waals surface area contributed by atoms with E-state index in [9.17, 15) is 5.11 Å². The van der Waals surface area contributed by atoms with Crippen LogP contribution >= 0.6 is 0 Å². The van der Waals surface area contributed by atoms with Crippen LogP contribution < -0.4 is 14.8 Å². The second-order valence-electron chi connectivity index (χ2n) is 6.02. The number of piperidine rings is 1. The summed E-state index contributed by atoms with van der Waals surface area (Å²) >= 11 is 0. The molecular weight excluding hydrogens is 306 g/mol. The zero-order valence-corrected chi connectivity index (χ0v) is 14.9. The van der Waals surface area contributed by atoms with Crippen molar-refractivity contribution in [2.45, 2.75) is 38.9 Å². The number of aliphatic hydroxyl groups is 1. The summed E-state index contributed by atoms with van der Waals surface area (Å²) in [5.41, 5.74) is 0. The van der Waals surface area contributed by atoms with E-state index in [-0.39, 0.29) is 12.2 Å². The van der Waals surface area contributed by atoms with E-state index in [1.807, 2.05) is 31.2 Å². The number of hydrogen-bond acceptors (Lipinski definition) is 4. The van der Waals surface area contributed by atoms with E-state index in [2.05, 4.69) is 17.1 Å². The number of benzene rings is 1. The van der Waals surface area contributed by atoms with Crippen LogP contribution in [-0.2, 0) is 0 Å². The average Bonchev–Trinajstić information content (AvgIpc) is 2.59. The van der Waals surface area contributed by atoms with Crippen LogP contribution in [0.15, 0.2) is 29.3 Å². The van der Waals surface area contributed by atoms with Gasteiger partial charge >= 0.3 is 0 Å². The number of hydrogen-bond donors (Lipinski definition) is 2. The highest BCUT2D eigenvalue weighted by Crippen LogP contribution is 2.20. The number of rotatable bonds is 6. The Morgan fingerprint density at radius 1 is 1.38 bits per heavy atom. The number of aliphatic hydroxyl groups excluding tert-OH is 1. The zero-order chi connectivity index (χ0) is 17.4. The topological polar surface area (TPSA) is 66.3 Å². The van der Waals surface area contributed by atoms with Crippen molar-refractivity contribution in [1.29, 1.82) is 0 Å². The van der Waals surface area contributed by atoms with Gasteiger partial charge in [-0.25, -0.2) is 4.99 Å². The predicted octanol–water partition coefficient (Wildman–Crippen LogP) is 1.88. The van der Waals surface area contributed by atoms with Crippen molar-refractivity contribution in [3.63, 3.8) is 0 Å². The number of ether oxygens (including phenoxy) is 2. The molecule has 1 fully saturated rings. The fourth-order valence-corrected chi connectivity index (χ4v) is 2.66. The lowest BCUT2D eigenvalue weighted by molar-refractivity contribution is 0.107. The first-order valence-electron chi connectivity index (χ1n) is 8.64. The molecule has 1 aromatic rings. The molecule has 0 spiro atoms. The maximum absolute atomic E-state index is 9.65. The van der Waals surface area contributed by atoms with Crippen LogP contribution in [0.1, 0.15) is 26.7 Å². The Kier molecular flexibility index (Phi) is 7.18. The van der Waals surface area contributed by atoms with Gasteiger partial charge in [-0.1, -0.05) is 6.07 Å². The molecule has 1 heterocycles. The quantitative estimate of drug-likeness (QED) is 0.614. The van der Waals surface area contributed by atoms with Gasteiger partial charge in [-0.15, -0.1) is 0 Å². The Morgan fingerprint density at radius 2 is 2.08 bits per heavy atom. The maximum Gasteiger partial charge on any atom is 0.194 e. The SMILES string of the molecule is CCNC(=NCC(C)Oc1cccc(OC)c1)N1CCC(O)CC1. The van der Waals surface area contributed by atoms with Gasteiger partial charge < -0.3 is 24.8 Å². The van der Waals surface area contributed by atoms with E-state index < -0.39 is 0 Å². The number of aliphatic imine (C=N–C) groups is 1. The van der Waals surface area contributed by atoms with Crippen LogP contribution in [0.25, 0.3) is 0 Å². The van der Waals surface area contributed by atoms with E-state index in [4.69, 9.17) is 14.5 Å². The largest absolute Gasteiger partial charge is 0.497 e. The molecule has 1 saturated heterocycles. The van der Waals surface area contributed by atoms with Gasteiger partial charge in [0.15, 0.2) is 5.96 Å². The summed E-state index contributed by atoms with van der Waals surface area (Å²) in [6.45, 7) is 7.12. The molecule has 0 aromatic heterocycles. The summed E-state index contributed by atoms with van der Waals surface area (Å²) in [4.78, 5) is 6.90. The molecule has 6 heteroatoms. The molecule has 0 saturated carbocycles. The maximum atomic E-state index is 9.65. The van der Waals surface area contributed by atoms with Crippen LogP contribution in [0.2, 0.25) is 0 Å². The van der Waals surface area contributed by atoms with Gasteiger partial charge in [-0.05, 0) is 38.8 Å². The molecule has 24 heavy (non-hydrogen) atoms. The van der Waals surface area contributed by atoms with Crippen molar-refractivity contribution in [1.82, 2.24) is 10.2 Å². The molecular formula is C18H29N3O3. The van der Waals surface area contributed by atoms with Crippen molar-refractivity contribution < 1.29 is 14.6 Å². The van der Waals surface area contributed by atoms with Gasteiger partial charge in [0, 0.05) is 25.7 Å². The van der Waals surface area contributed by atoms with Crippen molar-refractivity contribution >= 4 is 5.96 Å². The standard InChI is InChI=1S/C18H29N3O3/c1-4-19-18(21-10-8-15(22)9-11-21)20-13-14(2)24-17-7-5-6-16(12-17)23-3/h5-7,12,14-15,22H,4,8-11,13H2,1-3H3,(H,19,20). The van der Waals surface area contributed by atoms with Crippen LogP contribution in [0.5, 0.6) is 11.5 Å². The third-order valence-electron chi connectivity index (χ3n) is 3.98. The molecule has 0 bridgehead atoms. The first kappa shape index (κ1) is 18.4.